The highest BCUT2D eigenvalue weighted by Crippen LogP contribution is 2.36. The Balaban J connectivity index is 1.43. The van der Waals surface area contributed by atoms with Crippen molar-refractivity contribution in [1.82, 2.24) is 4.98 Å². The third-order valence-corrected chi connectivity index (χ3v) is 6.41. The maximum Gasteiger partial charge on any atom is 0.414 e. The van der Waals surface area contributed by atoms with E-state index in [9.17, 15) is 4.79 Å². The average Bonchev–Trinajstić information content (AvgIpc) is 2.94. The fourth-order valence-corrected chi connectivity index (χ4v) is 4.56. The van der Waals surface area contributed by atoms with Gasteiger partial charge in [0.1, 0.15) is 18.8 Å². The van der Waals surface area contributed by atoms with Crippen LogP contribution in [0.1, 0.15) is 43.9 Å². The summed E-state index contributed by atoms with van der Waals surface area (Å²) in [6.45, 7) is 7.11. The fraction of sp³-hybridized carbons (Fsp3) is 0.273. The molecule has 5 rings (SSSR count). The van der Waals surface area contributed by atoms with Gasteiger partial charge in [-0.3, -0.25) is 4.90 Å². The molecule has 3 aromatic carbocycles. The molecule has 6 heteroatoms. The predicted octanol–water partition coefficient (Wildman–Crippen LogP) is 7.59. The summed E-state index contributed by atoms with van der Waals surface area (Å²) in [5.74, 6) is 1.00. The first-order valence-corrected chi connectivity index (χ1v) is 13.3. The molecule has 0 N–H and O–H groups in total. The molecule has 0 radical (unpaired) electrons. The molecule has 1 aromatic heterocycles. The number of anilines is 1. The van der Waals surface area contributed by atoms with Crippen LogP contribution in [-0.4, -0.2) is 23.2 Å². The molecule has 2 heterocycles. The van der Waals surface area contributed by atoms with Crippen LogP contribution >= 0.6 is 0 Å². The van der Waals surface area contributed by atoms with E-state index in [2.05, 4.69) is 6.07 Å². The lowest BCUT2D eigenvalue weighted by Crippen LogP contribution is -2.39. The number of benzene rings is 3. The Morgan fingerprint density at radius 2 is 1.51 bits per heavy atom. The molecule has 0 atom stereocenters. The van der Waals surface area contributed by atoms with Crippen molar-refractivity contribution in [3.05, 3.63) is 108 Å². The summed E-state index contributed by atoms with van der Waals surface area (Å²) in [6.07, 6.45) is 1.44. The Bertz CT molecular complexity index is 1420. The first kappa shape index (κ1) is 26.3. The van der Waals surface area contributed by atoms with E-state index >= 15 is 0 Å². The highest BCUT2D eigenvalue weighted by Gasteiger charge is 2.27. The first-order chi connectivity index (χ1) is 18.9. The largest absolute Gasteiger partial charge is 0.473 e. The number of carbonyl (C=O) groups excluding carboxylic acids is 1. The summed E-state index contributed by atoms with van der Waals surface area (Å²) in [7, 11) is 0. The van der Waals surface area contributed by atoms with Gasteiger partial charge in [-0.1, -0.05) is 66.7 Å². The van der Waals surface area contributed by atoms with E-state index in [0.29, 0.717) is 31.5 Å². The van der Waals surface area contributed by atoms with Gasteiger partial charge >= 0.3 is 6.09 Å². The van der Waals surface area contributed by atoms with Crippen LogP contribution in [0.4, 0.5) is 10.5 Å². The van der Waals surface area contributed by atoms with Crippen LogP contribution in [0.25, 0.3) is 11.1 Å². The van der Waals surface area contributed by atoms with Gasteiger partial charge in [-0.2, -0.15) is 4.98 Å². The van der Waals surface area contributed by atoms with Gasteiger partial charge in [0.05, 0.1) is 5.69 Å². The van der Waals surface area contributed by atoms with Crippen molar-refractivity contribution < 1.29 is 19.0 Å². The van der Waals surface area contributed by atoms with E-state index < -0.39 is 5.60 Å². The number of aromatic nitrogens is 1. The summed E-state index contributed by atoms with van der Waals surface area (Å²) in [5, 5.41) is 0. The minimum Gasteiger partial charge on any atom is -0.473 e. The van der Waals surface area contributed by atoms with E-state index in [1.165, 1.54) is 0 Å². The van der Waals surface area contributed by atoms with Crippen LogP contribution in [0.15, 0.2) is 91.0 Å². The number of amides is 1. The van der Waals surface area contributed by atoms with Gasteiger partial charge < -0.3 is 14.2 Å². The summed E-state index contributed by atoms with van der Waals surface area (Å²) in [5.41, 5.74) is 5.42. The molecule has 1 aliphatic rings. The van der Waals surface area contributed by atoms with E-state index in [-0.39, 0.29) is 6.09 Å². The molecule has 0 aliphatic carbocycles. The van der Waals surface area contributed by atoms with Gasteiger partial charge in [0, 0.05) is 18.2 Å². The molecular weight excluding hydrogens is 488 g/mol. The van der Waals surface area contributed by atoms with Crippen molar-refractivity contribution in [3.8, 4) is 22.9 Å². The maximum atomic E-state index is 12.9. The van der Waals surface area contributed by atoms with Crippen molar-refractivity contribution in [2.24, 2.45) is 0 Å². The molecule has 4 aromatic rings. The van der Waals surface area contributed by atoms with Crippen molar-refractivity contribution in [1.29, 1.82) is 0 Å². The van der Waals surface area contributed by atoms with E-state index in [4.69, 9.17) is 19.2 Å². The van der Waals surface area contributed by atoms with Crippen LogP contribution in [0.5, 0.6) is 11.8 Å². The average molecular weight is 523 g/mol. The third-order valence-electron chi connectivity index (χ3n) is 6.41. The highest BCUT2D eigenvalue weighted by atomic mass is 16.6. The zero-order valence-corrected chi connectivity index (χ0v) is 22.7. The Morgan fingerprint density at radius 3 is 2.18 bits per heavy atom. The van der Waals surface area contributed by atoms with E-state index in [1.54, 1.807) is 4.90 Å². The zero-order chi connectivity index (χ0) is 27.2. The lowest BCUT2D eigenvalue weighted by Gasteiger charge is -2.32. The summed E-state index contributed by atoms with van der Waals surface area (Å²) in [4.78, 5) is 19.3. The molecule has 0 spiro atoms. The molecule has 0 saturated carbocycles. The van der Waals surface area contributed by atoms with E-state index in [0.717, 1.165) is 46.3 Å². The molecule has 0 fully saturated rings. The molecule has 0 unspecified atom stereocenters. The van der Waals surface area contributed by atoms with Gasteiger partial charge in [0.2, 0.25) is 11.8 Å². The van der Waals surface area contributed by atoms with Crippen LogP contribution in [-0.2, 0) is 24.4 Å². The minimum absolute atomic E-state index is 0.315. The second-order valence-electron chi connectivity index (χ2n) is 10.6. The lowest BCUT2D eigenvalue weighted by molar-refractivity contribution is 0.0578. The van der Waals surface area contributed by atoms with Gasteiger partial charge in [0.15, 0.2) is 0 Å². The Kier molecular flexibility index (Phi) is 7.82. The number of ether oxygens (including phenoxy) is 3. The monoisotopic (exact) mass is 522 g/mol. The molecule has 6 nitrogen and oxygen atoms in total. The van der Waals surface area contributed by atoms with Crippen molar-refractivity contribution in [2.75, 3.05) is 11.4 Å². The molecule has 1 amide bonds. The number of pyridine rings is 1. The quantitative estimate of drug-likeness (QED) is 0.250. The second kappa shape index (κ2) is 11.6. The van der Waals surface area contributed by atoms with Gasteiger partial charge in [-0.25, -0.2) is 4.79 Å². The first-order valence-electron chi connectivity index (χ1n) is 13.3. The summed E-state index contributed by atoms with van der Waals surface area (Å²) in [6, 6.07) is 30.0. The molecule has 0 saturated heterocycles. The standard InChI is InChI=1S/C33H34N2O4/c1-33(2,3)39-32(36)35-20-10-15-27-21-26(16-18-29(27)35)28-17-19-30(37-22-24-11-6-4-7-12-24)34-31(28)38-23-25-13-8-5-9-14-25/h4-9,11-14,16-19,21H,10,15,20,22-23H2,1-3H3. The van der Waals surface area contributed by atoms with Gasteiger partial charge in [-0.15, -0.1) is 0 Å². The Morgan fingerprint density at radius 1 is 0.846 bits per heavy atom. The predicted molar refractivity (Wildman–Crippen MR) is 153 cm³/mol. The van der Waals surface area contributed by atoms with Crippen molar-refractivity contribution >= 4 is 11.8 Å². The van der Waals surface area contributed by atoms with Gasteiger partial charge in [-0.05, 0) is 74.1 Å². The Hall–Kier alpha value is -4.32. The normalized spacial score (nSPS) is 12.9. The third kappa shape index (κ3) is 6.77. The molecule has 0 bridgehead atoms. The summed E-state index contributed by atoms with van der Waals surface area (Å²) >= 11 is 0. The topological polar surface area (TPSA) is 60.9 Å². The number of fused-ring (bicyclic) bond motifs is 1. The second-order valence-corrected chi connectivity index (χ2v) is 10.6. The van der Waals surface area contributed by atoms with E-state index in [1.807, 2.05) is 106 Å². The number of nitrogens with zero attached hydrogens (tertiary/aromatic N) is 2. The van der Waals surface area contributed by atoms with Gasteiger partial charge in [0.25, 0.3) is 0 Å². The highest BCUT2D eigenvalue weighted by molar-refractivity contribution is 5.90. The molecule has 1 aliphatic heterocycles. The number of aryl methyl sites for hydroxylation is 1. The van der Waals surface area contributed by atoms with Crippen molar-refractivity contribution in [2.45, 2.75) is 52.4 Å². The van der Waals surface area contributed by atoms with Crippen LogP contribution in [0, 0.1) is 0 Å². The minimum atomic E-state index is -0.546. The van der Waals surface area contributed by atoms with Crippen molar-refractivity contribution in [3.63, 3.8) is 0 Å². The molecule has 39 heavy (non-hydrogen) atoms. The Labute approximate surface area is 230 Å². The van der Waals surface area contributed by atoms with Crippen LogP contribution in [0.2, 0.25) is 0 Å². The lowest BCUT2D eigenvalue weighted by atomic mass is 9.96. The maximum absolute atomic E-state index is 12.9. The number of carbonyl (C=O) groups is 1. The number of hydrogen-bond donors (Lipinski definition) is 0. The number of hydrogen-bond acceptors (Lipinski definition) is 5. The van der Waals surface area contributed by atoms with Crippen LogP contribution < -0.4 is 14.4 Å². The zero-order valence-electron chi connectivity index (χ0n) is 22.7. The molecular formula is C33H34N2O4. The summed E-state index contributed by atoms with van der Waals surface area (Å²) < 4.78 is 17.9. The fourth-order valence-electron chi connectivity index (χ4n) is 4.56. The number of rotatable bonds is 7. The molecule has 200 valence electrons. The van der Waals surface area contributed by atoms with Crippen LogP contribution in [0.3, 0.4) is 0 Å². The smallest absolute Gasteiger partial charge is 0.414 e. The SMILES string of the molecule is CC(C)(C)OC(=O)N1CCCc2cc(-c3ccc(OCc4ccccc4)nc3OCc3ccccc3)ccc21.